The molecule has 29 heavy (non-hydrogen) atoms. The number of fused-ring (bicyclic) bond motifs is 1. The average Bonchev–Trinajstić information content (AvgIpc) is 3.10. The molecule has 0 unspecified atom stereocenters. The third-order valence-electron chi connectivity index (χ3n) is 4.84. The molecule has 1 aromatic heterocycles. The lowest BCUT2D eigenvalue weighted by Gasteiger charge is -2.10. The Balaban J connectivity index is 1.49. The second-order valence-electron chi connectivity index (χ2n) is 7.15. The number of amides is 1. The minimum atomic E-state index is -0.102. The number of rotatable bonds is 5. The molecule has 5 heteroatoms. The van der Waals surface area contributed by atoms with Crippen LogP contribution < -0.4 is 5.32 Å². The Morgan fingerprint density at radius 1 is 1.00 bits per heavy atom. The van der Waals surface area contributed by atoms with E-state index in [4.69, 9.17) is 4.98 Å². The van der Waals surface area contributed by atoms with Crippen molar-refractivity contribution in [2.24, 2.45) is 0 Å². The monoisotopic (exact) mass is 418 g/mol. The maximum Gasteiger partial charge on any atom is 0.255 e. The summed E-state index contributed by atoms with van der Waals surface area (Å²) in [5.41, 5.74) is 7.76. The lowest BCUT2D eigenvalue weighted by Crippen LogP contribution is -2.11. The zero-order chi connectivity index (χ0) is 20.4. The highest BCUT2D eigenvalue weighted by Crippen LogP contribution is 2.34. The first kappa shape index (κ1) is 19.7. The van der Waals surface area contributed by atoms with Gasteiger partial charge in [0.1, 0.15) is 0 Å². The summed E-state index contributed by atoms with van der Waals surface area (Å²) in [5.74, 6) is 0.810. The molecule has 0 aliphatic carbocycles. The maximum atomic E-state index is 12.4. The summed E-state index contributed by atoms with van der Waals surface area (Å²) < 4.78 is 2.13. The molecule has 0 saturated carbocycles. The Bertz CT molecular complexity index is 1160. The van der Waals surface area contributed by atoms with Gasteiger partial charge in [0.15, 0.2) is 4.34 Å². The smallest absolute Gasteiger partial charge is 0.255 e. The largest absolute Gasteiger partial charge is 0.322 e. The number of benzene rings is 3. The highest BCUT2D eigenvalue weighted by molar-refractivity contribution is 8.00. The predicted octanol–water partition coefficient (Wildman–Crippen LogP) is 6.77. The van der Waals surface area contributed by atoms with Gasteiger partial charge in [-0.05, 0) is 67.8 Å². The van der Waals surface area contributed by atoms with Gasteiger partial charge in [-0.15, -0.1) is 11.3 Å². The normalized spacial score (nSPS) is 11.0. The van der Waals surface area contributed by atoms with Crippen molar-refractivity contribution in [1.82, 2.24) is 4.98 Å². The quantitative estimate of drug-likeness (QED) is 0.364. The first-order valence-electron chi connectivity index (χ1n) is 9.46. The van der Waals surface area contributed by atoms with Crippen molar-refractivity contribution in [1.29, 1.82) is 0 Å². The van der Waals surface area contributed by atoms with Gasteiger partial charge in [-0.1, -0.05) is 47.7 Å². The van der Waals surface area contributed by atoms with Gasteiger partial charge in [0.25, 0.3) is 5.91 Å². The van der Waals surface area contributed by atoms with Crippen LogP contribution in [0.4, 0.5) is 5.69 Å². The van der Waals surface area contributed by atoms with Crippen molar-refractivity contribution in [2.45, 2.75) is 30.9 Å². The number of anilines is 1. The molecule has 0 atom stereocenters. The van der Waals surface area contributed by atoms with Crippen molar-refractivity contribution in [3.63, 3.8) is 0 Å². The molecular formula is C24H22N2OS2. The molecule has 4 aromatic rings. The number of carbonyl (C=O) groups excluding carboxylic acids is 1. The molecular weight excluding hydrogens is 396 g/mol. The summed E-state index contributed by atoms with van der Waals surface area (Å²) in [7, 11) is 0. The van der Waals surface area contributed by atoms with Crippen molar-refractivity contribution in [2.75, 3.05) is 5.32 Å². The SMILES string of the molecule is Cc1cc(C)c(CSc2nc3ccc(NC(=O)c4ccccc4)cc3s2)c(C)c1. The number of aromatic nitrogens is 1. The van der Waals surface area contributed by atoms with E-state index in [2.05, 4.69) is 38.2 Å². The second-order valence-corrected chi connectivity index (χ2v) is 9.40. The topological polar surface area (TPSA) is 42.0 Å². The summed E-state index contributed by atoms with van der Waals surface area (Å²) in [5, 5.41) is 2.97. The Morgan fingerprint density at radius 2 is 1.72 bits per heavy atom. The number of thiazole rings is 1. The van der Waals surface area contributed by atoms with Gasteiger partial charge in [0, 0.05) is 17.0 Å². The molecule has 0 aliphatic rings. The number of nitrogens with zero attached hydrogens (tertiary/aromatic N) is 1. The summed E-state index contributed by atoms with van der Waals surface area (Å²) in [4.78, 5) is 17.1. The van der Waals surface area contributed by atoms with E-state index in [1.54, 1.807) is 23.1 Å². The fourth-order valence-corrected chi connectivity index (χ4v) is 5.71. The van der Waals surface area contributed by atoms with E-state index in [0.717, 1.165) is 26.0 Å². The number of aryl methyl sites for hydroxylation is 3. The van der Waals surface area contributed by atoms with Gasteiger partial charge in [-0.2, -0.15) is 0 Å². The summed E-state index contributed by atoms with van der Waals surface area (Å²) >= 11 is 3.44. The van der Waals surface area contributed by atoms with Crippen LogP contribution in [0.5, 0.6) is 0 Å². The van der Waals surface area contributed by atoms with Crippen LogP contribution in [0.25, 0.3) is 10.2 Å². The molecule has 0 aliphatic heterocycles. The lowest BCUT2D eigenvalue weighted by atomic mass is 10.0. The van der Waals surface area contributed by atoms with E-state index in [0.29, 0.717) is 5.56 Å². The minimum Gasteiger partial charge on any atom is -0.322 e. The van der Waals surface area contributed by atoms with E-state index in [-0.39, 0.29) is 5.91 Å². The molecule has 1 N–H and O–H groups in total. The number of hydrogen-bond donors (Lipinski definition) is 1. The molecule has 0 spiro atoms. The van der Waals surface area contributed by atoms with E-state index in [9.17, 15) is 4.79 Å². The first-order chi connectivity index (χ1) is 14.0. The van der Waals surface area contributed by atoms with E-state index in [1.807, 2.05) is 48.5 Å². The van der Waals surface area contributed by atoms with Gasteiger partial charge in [-0.25, -0.2) is 4.98 Å². The Kier molecular flexibility index (Phi) is 5.69. The van der Waals surface area contributed by atoms with Crippen LogP contribution in [0.1, 0.15) is 32.6 Å². The third kappa shape index (κ3) is 4.52. The zero-order valence-electron chi connectivity index (χ0n) is 16.7. The van der Waals surface area contributed by atoms with Crippen LogP contribution in [0.2, 0.25) is 0 Å². The molecule has 0 saturated heterocycles. The van der Waals surface area contributed by atoms with Crippen molar-refractivity contribution in [3.05, 3.63) is 88.5 Å². The van der Waals surface area contributed by atoms with Crippen LogP contribution in [0.15, 0.2) is 65.0 Å². The summed E-state index contributed by atoms with van der Waals surface area (Å²) in [6, 6.07) is 19.6. The molecule has 3 aromatic carbocycles. The first-order valence-corrected chi connectivity index (χ1v) is 11.3. The Morgan fingerprint density at radius 3 is 2.45 bits per heavy atom. The van der Waals surface area contributed by atoms with E-state index < -0.39 is 0 Å². The van der Waals surface area contributed by atoms with Gasteiger partial charge in [0.05, 0.1) is 10.2 Å². The van der Waals surface area contributed by atoms with Gasteiger partial charge < -0.3 is 5.32 Å². The maximum absolute atomic E-state index is 12.4. The minimum absolute atomic E-state index is 0.102. The van der Waals surface area contributed by atoms with Gasteiger partial charge >= 0.3 is 0 Å². The van der Waals surface area contributed by atoms with Gasteiger partial charge in [-0.3, -0.25) is 4.79 Å². The van der Waals surface area contributed by atoms with Gasteiger partial charge in [0.2, 0.25) is 0 Å². The van der Waals surface area contributed by atoms with Crippen LogP contribution >= 0.6 is 23.1 Å². The number of hydrogen-bond acceptors (Lipinski definition) is 4. The molecule has 4 rings (SSSR count). The zero-order valence-corrected chi connectivity index (χ0v) is 18.3. The molecule has 3 nitrogen and oxygen atoms in total. The highest BCUT2D eigenvalue weighted by atomic mass is 32.2. The fourth-order valence-electron chi connectivity index (χ4n) is 3.41. The van der Waals surface area contributed by atoms with Crippen molar-refractivity contribution in [3.8, 4) is 0 Å². The second kappa shape index (κ2) is 8.39. The average molecular weight is 419 g/mol. The Hall–Kier alpha value is -2.63. The molecule has 0 bridgehead atoms. The van der Waals surface area contributed by atoms with Crippen molar-refractivity contribution >= 4 is 44.9 Å². The van der Waals surface area contributed by atoms with Crippen LogP contribution in [0, 0.1) is 20.8 Å². The number of carbonyl (C=O) groups is 1. The Labute approximate surface area is 179 Å². The highest BCUT2D eigenvalue weighted by Gasteiger charge is 2.10. The van der Waals surface area contributed by atoms with E-state index in [1.165, 1.54) is 22.3 Å². The van der Waals surface area contributed by atoms with E-state index >= 15 is 0 Å². The predicted molar refractivity (Wildman–Crippen MR) is 124 cm³/mol. The molecule has 146 valence electrons. The third-order valence-corrected chi connectivity index (χ3v) is 7.03. The summed E-state index contributed by atoms with van der Waals surface area (Å²) in [6.45, 7) is 6.49. The molecule has 0 fully saturated rings. The van der Waals surface area contributed by atoms with Crippen LogP contribution in [0.3, 0.4) is 0 Å². The number of thioether (sulfide) groups is 1. The standard InChI is InChI=1S/C24H22N2OS2/c1-15-11-16(2)20(17(3)12-15)14-28-24-26-21-10-9-19(13-22(21)29-24)25-23(27)18-7-5-4-6-8-18/h4-13H,14H2,1-3H3,(H,25,27). The number of nitrogens with one attached hydrogen (secondary N) is 1. The fraction of sp³-hybridized carbons (Fsp3) is 0.167. The van der Waals surface area contributed by atoms with Crippen LogP contribution in [-0.2, 0) is 5.75 Å². The molecule has 1 amide bonds. The molecule has 1 heterocycles. The summed E-state index contributed by atoms with van der Waals surface area (Å²) in [6.07, 6.45) is 0. The lowest BCUT2D eigenvalue weighted by molar-refractivity contribution is 0.102. The molecule has 0 radical (unpaired) electrons. The van der Waals surface area contributed by atoms with Crippen LogP contribution in [-0.4, -0.2) is 10.9 Å². The van der Waals surface area contributed by atoms with Crippen molar-refractivity contribution < 1.29 is 4.79 Å².